The number of sulfone groups is 1. The maximum Gasteiger partial charge on any atom is 0.407 e. The monoisotopic (exact) mass is 937 g/mol. The number of sulfonamides is 1. The van der Waals surface area contributed by atoms with Crippen LogP contribution in [0.15, 0.2) is 113 Å². The summed E-state index contributed by atoms with van der Waals surface area (Å²) in [6.07, 6.45) is -0.844. The Bertz CT molecular complexity index is 3010. The van der Waals surface area contributed by atoms with Gasteiger partial charge in [0.1, 0.15) is 27.7 Å². The number of imidazole rings is 1. The predicted molar refractivity (Wildman–Crippen MR) is 248 cm³/mol. The summed E-state index contributed by atoms with van der Waals surface area (Å²) in [7, 11) is -4.96. The number of nitrogens with two attached hydrogens (primary N) is 1. The number of rotatable bonds is 17. The number of benzene rings is 5. The van der Waals surface area contributed by atoms with Gasteiger partial charge in [-0.05, 0) is 104 Å². The topological polar surface area (TPSA) is 236 Å². The number of para-hydroxylation sites is 1. The molecule has 2 heterocycles. The first kappa shape index (κ1) is 46.9. The molecule has 0 saturated carbocycles. The summed E-state index contributed by atoms with van der Waals surface area (Å²) in [5.41, 5.74) is 8.59. The number of nitrogen functional groups attached to an aromatic ring is 1. The highest BCUT2D eigenvalue weighted by Crippen LogP contribution is 2.43. The summed E-state index contributed by atoms with van der Waals surface area (Å²) >= 11 is 0. The zero-order chi connectivity index (χ0) is 47.4. The number of anilines is 1. The van der Waals surface area contributed by atoms with Crippen molar-refractivity contribution in [1.82, 2.24) is 39.8 Å². The van der Waals surface area contributed by atoms with Crippen molar-refractivity contribution in [3.05, 3.63) is 120 Å². The number of aromatic nitrogens is 6. The molecule has 0 saturated heterocycles. The molecular formula is C46H51N9O9S2. The summed E-state index contributed by atoms with van der Waals surface area (Å²) in [5.74, 6) is 0.944. The number of hydrogen-bond acceptors (Lipinski definition) is 14. The molecule has 2 aromatic heterocycles. The number of nitrogens with zero attached hydrogens (tertiary/aromatic N) is 6. The molecule has 0 radical (unpaired) electrons. The number of methoxy groups -OCH3 is 3. The van der Waals surface area contributed by atoms with Gasteiger partial charge in [-0.3, -0.25) is 0 Å². The van der Waals surface area contributed by atoms with Crippen molar-refractivity contribution < 1.29 is 40.6 Å². The number of aromatic amines is 1. The lowest BCUT2D eigenvalue weighted by molar-refractivity contribution is 0.0513. The van der Waals surface area contributed by atoms with E-state index in [1.54, 1.807) is 107 Å². The average Bonchev–Trinajstić information content (AvgIpc) is 3.91. The van der Waals surface area contributed by atoms with Gasteiger partial charge in [-0.2, -0.15) is 9.10 Å². The lowest BCUT2D eigenvalue weighted by Gasteiger charge is -2.27. The van der Waals surface area contributed by atoms with Crippen LogP contribution in [0.5, 0.6) is 17.2 Å². The standard InChI is InChI=1S/C46H51N9O9S2/c1-29(48-45(56)64-46(2,3)4)28-65(57,58)39-24-23-36(37-9-8-10-38-41(37)50-44(47)49-38)40(43-51-53-55(52-43)27-32-15-21-35(63-7)22-16-32)42(39)66(59,60)54(25-30-11-17-33(61-5)18-12-30)26-31-13-19-34(62-6)20-14-31/h8-24,29H,25-28H2,1-7H3,(H,48,56)(H3,47,49,50)/t29-/m1/s1. The van der Waals surface area contributed by atoms with Gasteiger partial charge in [0, 0.05) is 24.7 Å². The summed E-state index contributed by atoms with van der Waals surface area (Å²) in [5, 5.41) is 16.0. The number of carbonyl (C=O) groups excluding carboxylic acids is 1. The molecule has 5 aromatic carbocycles. The van der Waals surface area contributed by atoms with E-state index in [-0.39, 0.29) is 42.5 Å². The highest BCUT2D eigenvalue weighted by atomic mass is 32.2. The Morgan fingerprint density at radius 2 is 1.35 bits per heavy atom. The summed E-state index contributed by atoms with van der Waals surface area (Å²) in [6, 6.07) is 27.8. The zero-order valence-electron chi connectivity index (χ0n) is 37.5. The molecule has 0 spiro atoms. The van der Waals surface area contributed by atoms with Crippen LogP contribution in [0.4, 0.5) is 10.7 Å². The van der Waals surface area contributed by atoms with Crippen molar-refractivity contribution in [2.75, 3.05) is 32.8 Å². The Kier molecular flexibility index (Phi) is 13.7. The van der Waals surface area contributed by atoms with Gasteiger partial charge in [-0.1, -0.05) is 54.6 Å². The van der Waals surface area contributed by atoms with Crippen LogP contribution in [0.1, 0.15) is 44.4 Å². The smallest absolute Gasteiger partial charge is 0.407 e. The van der Waals surface area contributed by atoms with E-state index in [4.69, 9.17) is 29.8 Å². The van der Waals surface area contributed by atoms with E-state index in [9.17, 15) is 13.2 Å². The van der Waals surface area contributed by atoms with Crippen molar-refractivity contribution >= 4 is 42.9 Å². The normalized spacial score (nSPS) is 12.5. The fourth-order valence-corrected chi connectivity index (χ4v) is 11.2. The molecule has 1 atom stereocenters. The number of tetrazole rings is 1. The van der Waals surface area contributed by atoms with Crippen LogP contribution in [-0.2, 0) is 44.2 Å². The predicted octanol–water partition coefficient (Wildman–Crippen LogP) is 6.62. The van der Waals surface area contributed by atoms with Gasteiger partial charge < -0.3 is 35.0 Å². The van der Waals surface area contributed by atoms with Gasteiger partial charge in [0.15, 0.2) is 15.8 Å². The molecule has 0 bridgehead atoms. The number of ether oxygens (including phenoxy) is 4. The molecule has 18 nitrogen and oxygen atoms in total. The van der Waals surface area contributed by atoms with Gasteiger partial charge >= 0.3 is 6.09 Å². The molecule has 66 heavy (non-hydrogen) atoms. The van der Waals surface area contributed by atoms with Gasteiger partial charge in [-0.15, -0.1) is 10.2 Å². The van der Waals surface area contributed by atoms with E-state index < -0.39 is 53.1 Å². The van der Waals surface area contributed by atoms with Crippen LogP contribution in [0.25, 0.3) is 33.5 Å². The molecule has 0 fully saturated rings. The molecule has 0 aliphatic heterocycles. The minimum Gasteiger partial charge on any atom is -0.497 e. The Labute approximate surface area is 383 Å². The SMILES string of the molecule is COc1ccc(CN(Cc2ccc(OC)cc2)S(=O)(=O)c2c(S(=O)(=O)C[C@@H](C)NC(=O)OC(C)(C)C)ccc(-c3cccc4[nH]c(N)nc34)c2-c2nnn(Cc3ccc(OC)cc3)n2)cc1. The molecule has 0 aliphatic rings. The van der Waals surface area contributed by atoms with Crippen molar-refractivity contribution in [3.8, 4) is 39.8 Å². The minimum atomic E-state index is -4.94. The third-order valence-corrected chi connectivity index (χ3v) is 14.3. The van der Waals surface area contributed by atoms with Crippen molar-refractivity contribution in [2.24, 2.45) is 0 Å². The first-order chi connectivity index (χ1) is 31.4. The van der Waals surface area contributed by atoms with Gasteiger partial charge in [0.05, 0.1) is 55.1 Å². The van der Waals surface area contributed by atoms with E-state index in [0.717, 1.165) is 5.56 Å². The molecule has 4 N–H and O–H groups in total. The number of H-pyrrole nitrogens is 1. The highest BCUT2D eigenvalue weighted by molar-refractivity contribution is 7.93. The molecule has 1 amide bonds. The molecule has 20 heteroatoms. The van der Waals surface area contributed by atoms with Crippen molar-refractivity contribution in [2.45, 2.75) is 68.8 Å². The van der Waals surface area contributed by atoms with E-state index >= 15 is 8.42 Å². The Balaban J connectivity index is 1.49. The summed E-state index contributed by atoms with van der Waals surface area (Å²) in [6.45, 7) is 6.22. The van der Waals surface area contributed by atoms with E-state index in [2.05, 4.69) is 25.6 Å². The van der Waals surface area contributed by atoms with Crippen molar-refractivity contribution in [1.29, 1.82) is 0 Å². The third kappa shape index (κ3) is 10.7. The Morgan fingerprint density at radius 3 is 1.89 bits per heavy atom. The number of carbonyl (C=O) groups is 1. The molecule has 0 aliphatic carbocycles. The fourth-order valence-electron chi connectivity index (χ4n) is 7.28. The number of alkyl carbamates (subject to hydrolysis) is 1. The largest absolute Gasteiger partial charge is 0.497 e. The van der Waals surface area contributed by atoms with Crippen LogP contribution >= 0.6 is 0 Å². The first-order valence-electron chi connectivity index (χ1n) is 20.7. The maximum atomic E-state index is 16.1. The quantitative estimate of drug-likeness (QED) is 0.0871. The first-order valence-corrected chi connectivity index (χ1v) is 23.8. The lowest BCUT2D eigenvalue weighted by Crippen LogP contribution is -2.41. The maximum absolute atomic E-state index is 16.1. The van der Waals surface area contributed by atoms with Gasteiger partial charge in [0.2, 0.25) is 15.8 Å². The molecule has 0 unspecified atom stereocenters. The second kappa shape index (κ2) is 19.2. The summed E-state index contributed by atoms with van der Waals surface area (Å²) in [4.78, 5) is 20.5. The summed E-state index contributed by atoms with van der Waals surface area (Å²) < 4.78 is 84.8. The molecule has 7 rings (SSSR count). The van der Waals surface area contributed by atoms with Crippen LogP contribution in [0.3, 0.4) is 0 Å². The second-order valence-electron chi connectivity index (χ2n) is 16.4. The van der Waals surface area contributed by atoms with Crippen LogP contribution in [0.2, 0.25) is 0 Å². The molecule has 346 valence electrons. The fraction of sp³-hybridized carbons (Fsp3) is 0.283. The van der Waals surface area contributed by atoms with Crippen LogP contribution < -0.4 is 25.3 Å². The molecule has 7 aromatic rings. The van der Waals surface area contributed by atoms with E-state index in [1.807, 2.05) is 12.1 Å². The Hall–Kier alpha value is -7.03. The average molecular weight is 938 g/mol. The number of fused-ring (bicyclic) bond motifs is 1. The van der Waals surface area contributed by atoms with Crippen molar-refractivity contribution in [3.63, 3.8) is 0 Å². The highest BCUT2D eigenvalue weighted by Gasteiger charge is 2.39. The Morgan fingerprint density at radius 1 is 0.788 bits per heavy atom. The van der Waals surface area contributed by atoms with E-state index in [0.29, 0.717) is 45.0 Å². The van der Waals surface area contributed by atoms with Gasteiger partial charge in [-0.25, -0.2) is 26.6 Å². The third-order valence-electron chi connectivity index (χ3n) is 10.3. The van der Waals surface area contributed by atoms with Crippen LogP contribution in [0, 0.1) is 0 Å². The van der Waals surface area contributed by atoms with Crippen LogP contribution in [-0.4, -0.2) is 96.1 Å². The molecular weight excluding hydrogens is 887 g/mol. The number of hydrogen-bond donors (Lipinski definition) is 3. The minimum absolute atomic E-state index is 0.103. The lowest BCUT2D eigenvalue weighted by atomic mass is 9.98. The zero-order valence-corrected chi connectivity index (χ0v) is 39.1. The number of nitrogens with one attached hydrogen (secondary N) is 2. The second-order valence-corrected chi connectivity index (χ2v) is 20.3. The van der Waals surface area contributed by atoms with Gasteiger partial charge in [0.25, 0.3) is 0 Å². The number of amides is 1. The van der Waals surface area contributed by atoms with E-state index in [1.165, 1.54) is 42.4 Å².